The van der Waals surface area contributed by atoms with E-state index >= 15 is 0 Å². The van der Waals surface area contributed by atoms with Crippen LogP contribution in [0, 0.1) is 5.92 Å². The second-order valence-corrected chi connectivity index (χ2v) is 4.90. The van der Waals surface area contributed by atoms with E-state index in [1.807, 2.05) is 13.8 Å². The van der Waals surface area contributed by atoms with Gasteiger partial charge in [-0.3, -0.25) is 9.69 Å². The van der Waals surface area contributed by atoms with Gasteiger partial charge in [0.15, 0.2) is 5.82 Å². The Hall–Kier alpha value is -1.43. The molecule has 0 unspecified atom stereocenters. The summed E-state index contributed by atoms with van der Waals surface area (Å²) < 4.78 is 5.19. The molecule has 0 spiro atoms. The van der Waals surface area contributed by atoms with E-state index in [9.17, 15) is 4.79 Å². The molecule has 1 aliphatic rings. The Morgan fingerprint density at radius 3 is 2.74 bits per heavy atom. The maximum Gasteiger partial charge on any atom is 0.240 e. The summed E-state index contributed by atoms with van der Waals surface area (Å²) in [6.45, 7) is 7.17. The third kappa shape index (κ3) is 3.76. The van der Waals surface area contributed by atoms with Crippen LogP contribution < -0.4 is 5.32 Å². The van der Waals surface area contributed by atoms with E-state index in [0.29, 0.717) is 19.0 Å². The molecule has 0 aromatic carbocycles. The van der Waals surface area contributed by atoms with Crippen molar-refractivity contribution in [2.24, 2.45) is 5.92 Å². The van der Waals surface area contributed by atoms with Crippen LogP contribution in [0.1, 0.15) is 38.4 Å². The molecule has 0 aliphatic carbocycles. The van der Waals surface area contributed by atoms with Crippen LogP contribution in [-0.2, 0) is 17.8 Å². The molecule has 0 atom stereocenters. The fourth-order valence-corrected chi connectivity index (χ4v) is 2.36. The number of rotatable bonds is 5. The van der Waals surface area contributed by atoms with Crippen molar-refractivity contribution in [3.8, 4) is 0 Å². The van der Waals surface area contributed by atoms with Gasteiger partial charge in [0.1, 0.15) is 0 Å². The second kappa shape index (κ2) is 6.65. The summed E-state index contributed by atoms with van der Waals surface area (Å²) in [5, 5.41) is 6.78. The Balaban J connectivity index is 1.78. The van der Waals surface area contributed by atoms with E-state index in [0.717, 1.165) is 38.2 Å². The first-order chi connectivity index (χ1) is 9.22. The molecule has 1 aromatic heterocycles. The molecule has 1 aromatic rings. The van der Waals surface area contributed by atoms with Crippen LogP contribution in [0.2, 0.25) is 0 Å². The molecule has 0 radical (unpaired) electrons. The summed E-state index contributed by atoms with van der Waals surface area (Å²) in [4.78, 5) is 18.3. The maximum atomic E-state index is 11.7. The van der Waals surface area contributed by atoms with Crippen molar-refractivity contribution in [1.29, 1.82) is 0 Å². The highest BCUT2D eigenvalue weighted by atomic mass is 16.5. The van der Waals surface area contributed by atoms with Crippen molar-refractivity contribution < 1.29 is 9.32 Å². The molecule has 1 saturated heterocycles. The minimum atomic E-state index is 0.157. The fourth-order valence-electron chi connectivity index (χ4n) is 2.36. The number of aromatic nitrogens is 2. The highest BCUT2D eigenvalue weighted by molar-refractivity contribution is 5.78. The van der Waals surface area contributed by atoms with E-state index in [2.05, 4.69) is 20.4 Å². The third-order valence-electron chi connectivity index (χ3n) is 3.49. The Kier molecular flexibility index (Phi) is 4.90. The number of hydrogen-bond acceptors (Lipinski definition) is 5. The standard InChI is InChI=1S/C13H22N4O2/c1-3-11-15-12(19-16-11)9-17-7-5-10(6-8-17)13(18)14-4-2/h10H,3-9H2,1-2H3,(H,14,18). The Morgan fingerprint density at radius 2 is 2.16 bits per heavy atom. The second-order valence-electron chi connectivity index (χ2n) is 4.90. The van der Waals surface area contributed by atoms with Crippen LogP contribution in [0.25, 0.3) is 0 Å². The first-order valence-corrected chi connectivity index (χ1v) is 7.04. The molecular weight excluding hydrogens is 244 g/mol. The number of carbonyl (C=O) groups is 1. The van der Waals surface area contributed by atoms with Gasteiger partial charge in [0.2, 0.25) is 11.8 Å². The molecule has 1 N–H and O–H groups in total. The topological polar surface area (TPSA) is 71.3 Å². The Bertz CT molecular complexity index is 411. The maximum absolute atomic E-state index is 11.7. The highest BCUT2D eigenvalue weighted by Crippen LogP contribution is 2.18. The summed E-state index contributed by atoms with van der Waals surface area (Å²) in [5.74, 6) is 1.78. The molecule has 106 valence electrons. The van der Waals surface area contributed by atoms with Gasteiger partial charge in [0.25, 0.3) is 0 Å². The summed E-state index contributed by atoms with van der Waals surface area (Å²) in [6, 6.07) is 0. The molecule has 0 saturated carbocycles. The van der Waals surface area contributed by atoms with E-state index in [4.69, 9.17) is 4.52 Å². The van der Waals surface area contributed by atoms with Crippen molar-refractivity contribution in [2.75, 3.05) is 19.6 Å². The van der Waals surface area contributed by atoms with Crippen molar-refractivity contribution in [3.05, 3.63) is 11.7 Å². The normalized spacial score (nSPS) is 17.6. The average Bonchev–Trinajstić information content (AvgIpc) is 2.87. The van der Waals surface area contributed by atoms with Crippen LogP contribution >= 0.6 is 0 Å². The lowest BCUT2D eigenvalue weighted by atomic mass is 9.96. The fraction of sp³-hybridized carbons (Fsp3) is 0.769. The van der Waals surface area contributed by atoms with Crippen molar-refractivity contribution in [1.82, 2.24) is 20.4 Å². The van der Waals surface area contributed by atoms with E-state index in [-0.39, 0.29) is 11.8 Å². The smallest absolute Gasteiger partial charge is 0.240 e. The summed E-state index contributed by atoms with van der Waals surface area (Å²) in [7, 11) is 0. The van der Waals surface area contributed by atoms with E-state index in [1.165, 1.54) is 0 Å². The highest BCUT2D eigenvalue weighted by Gasteiger charge is 2.25. The van der Waals surface area contributed by atoms with Crippen LogP contribution in [0.15, 0.2) is 4.52 Å². The first-order valence-electron chi connectivity index (χ1n) is 7.04. The molecule has 1 amide bonds. The zero-order valence-electron chi connectivity index (χ0n) is 11.7. The van der Waals surface area contributed by atoms with E-state index in [1.54, 1.807) is 0 Å². The molecule has 2 rings (SSSR count). The molecule has 1 fully saturated rings. The van der Waals surface area contributed by atoms with Gasteiger partial charge in [-0.25, -0.2) is 0 Å². The Labute approximate surface area is 113 Å². The zero-order chi connectivity index (χ0) is 13.7. The first kappa shape index (κ1) is 14.0. The molecular formula is C13H22N4O2. The number of aryl methyl sites for hydroxylation is 1. The van der Waals surface area contributed by atoms with Gasteiger partial charge in [-0.05, 0) is 32.9 Å². The summed E-state index contributed by atoms with van der Waals surface area (Å²) in [5.41, 5.74) is 0. The number of likely N-dealkylation sites (tertiary alicyclic amines) is 1. The van der Waals surface area contributed by atoms with Gasteiger partial charge in [-0.15, -0.1) is 0 Å². The SMILES string of the molecule is CCNC(=O)C1CCN(Cc2nc(CC)no2)CC1. The molecule has 19 heavy (non-hydrogen) atoms. The lowest BCUT2D eigenvalue weighted by molar-refractivity contribution is -0.126. The van der Waals surface area contributed by atoms with Crippen molar-refractivity contribution >= 4 is 5.91 Å². The number of piperidine rings is 1. The predicted molar refractivity (Wildman–Crippen MR) is 70.4 cm³/mol. The molecule has 6 heteroatoms. The van der Waals surface area contributed by atoms with Gasteiger partial charge in [-0.2, -0.15) is 4.98 Å². The minimum absolute atomic E-state index is 0.157. The van der Waals surface area contributed by atoms with E-state index < -0.39 is 0 Å². The van der Waals surface area contributed by atoms with Gasteiger partial charge in [0.05, 0.1) is 6.54 Å². The predicted octanol–water partition coefficient (Wildman–Crippen LogP) is 0.980. The number of carbonyl (C=O) groups excluding carboxylic acids is 1. The minimum Gasteiger partial charge on any atom is -0.356 e. The van der Waals surface area contributed by atoms with Gasteiger partial charge in [0, 0.05) is 18.9 Å². The molecule has 2 heterocycles. The average molecular weight is 266 g/mol. The van der Waals surface area contributed by atoms with Crippen LogP contribution in [0.4, 0.5) is 0 Å². The van der Waals surface area contributed by atoms with Crippen LogP contribution in [0.5, 0.6) is 0 Å². The zero-order valence-corrected chi connectivity index (χ0v) is 11.7. The Morgan fingerprint density at radius 1 is 1.42 bits per heavy atom. The summed E-state index contributed by atoms with van der Waals surface area (Å²) >= 11 is 0. The van der Waals surface area contributed by atoms with Gasteiger partial charge in [-0.1, -0.05) is 12.1 Å². The van der Waals surface area contributed by atoms with Crippen LogP contribution in [-0.4, -0.2) is 40.6 Å². The molecule has 1 aliphatic heterocycles. The van der Waals surface area contributed by atoms with Crippen LogP contribution in [0.3, 0.4) is 0 Å². The monoisotopic (exact) mass is 266 g/mol. The van der Waals surface area contributed by atoms with Crippen molar-refractivity contribution in [2.45, 2.75) is 39.7 Å². The molecule has 0 bridgehead atoms. The quantitative estimate of drug-likeness (QED) is 0.860. The lowest BCUT2D eigenvalue weighted by Crippen LogP contribution is -2.40. The number of nitrogens with one attached hydrogen (secondary N) is 1. The largest absolute Gasteiger partial charge is 0.356 e. The number of amides is 1. The molecule has 6 nitrogen and oxygen atoms in total. The number of nitrogens with zero attached hydrogens (tertiary/aromatic N) is 3. The van der Waals surface area contributed by atoms with Gasteiger partial charge >= 0.3 is 0 Å². The summed E-state index contributed by atoms with van der Waals surface area (Å²) in [6.07, 6.45) is 2.60. The van der Waals surface area contributed by atoms with Crippen molar-refractivity contribution in [3.63, 3.8) is 0 Å². The van der Waals surface area contributed by atoms with Gasteiger partial charge < -0.3 is 9.84 Å². The lowest BCUT2D eigenvalue weighted by Gasteiger charge is -2.30. The number of hydrogen-bond donors (Lipinski definition) is 1. The third-order valence-corrected chi connectivity index (χ3v) is 3.49.